The van der Waals surface area contributed by atoms with Crippen molar-refractivity contribution in [2.75, 3.05) is 17.8 Å². The summed E-state index contributed by atoms with van der Waals surface area (Å²) in [5, 5.41) is 2.31. The molecule has 0 spiro atoms. The lowest BCUT2D eigenvalue weighted by Crippen LogP contribution is -2.27. The van der Waals surface area contributed by atoms with Crippen LogP contribution >= 0.6 is 11.8 Å². The number of anilines is 1. The second-order valence-corrected chi connectivity index (χ2v) is 6.80. The molecule has 1 unspecified atom stereocenters. The average Bonchev–Trinajstić information content (AvgIpc) is 3.03. The summed E-state index contributed by atoms with van der Waals surface area (Å²) >= 11 is 1.67. The fraction of sp³-hybridized carbons (Fsp3) is 0.150. The lowest BCUT2D eigenvalue weighted by molar-refractivity contribution is -0.115. The van der Waals surface area contributed by atoms with Gasteiger partial charge < -0.3 is 4.74 Å². The van der Waals surface area contributed by atoms with Crippen molar-refractivity contribution >= 4 is 34.1 Å². The molecule has 0 radical (unpaired) electrons. The van der Waals surface area contributed by atoms with Gasteiger partial charge in [-0.3, -0.25) is 9.69 Å². The number of amides is 1. The lowest BCUT2D eigenvalue weighted by atomic mass is 10.1. The van der Waals surface area contributed by atoms with Crippen molar-refractivity contribution in [2.24, 2.45) is 0 Å². The van der Waals surface area contributed by atoms with E-state index in [1.54, 1.807) is 18.9 Å². The molecule has 120 valence electrons. The van der Waals surface area contributed by atoms with Gasteiger partial charge in [-0.25, -0.2) is 0 Å². The summed E-state index contributed by atoms with van der Waals surface area (Å²) in [4.78, 5) is 14.3. The summed E-state index contributed by atoms with van der Waals surface area (Å²) in [7, 11) is 1.67. The van der Waals surface area contributed by atoms with Gasteiger partial charge in [0.25, 0.3) is 0 Å². The van der Waals surface area contributed by atoms with Crippen molar-refractivity contribution in [3.63, 3.8) is 0 Å². The Kier molecular flexibility index (Phi) is 3.90. The Morgan fingerprint density at radius 3 is 2.54 bits per heavy atom. The minimum absolute atomic E-state index is 0.0198. The third-order valence-corrected chi connectivity index (χ3v) is 5.47. The standard InChI is InChI=1S/C20H17NO2S/c1-23-18-10-9-14-11-16(8-7-15(14)12-18)20-21(19(22)13-24-20)17-5-3-2-4-6-17/h2-12,20H,13H2,1H3. The quantitative estimate of drug-likeness (QED) is 0.699. The first-order valence-electron chi connectivity index (χ1n) is 7.83. The Morgan fingerprint density at radius 2 is 1.75 bits per heavy atom. The van der Waals surface area contributed by atoms with Crippen molar-refractivity contribution in [1.29, 1.82) is 0 Å². The summed E-state index contributed by atoms with van der Waals surface area (Å²) in [5.41, 5.74) is 2.10. The third-order valence-electron chi connectivity index (χ3n) is 4.26. The molecule has 0 N–H and O–H groups in total. The summed E-state index contributed by atoms with van der Waals surface area (Å²) < 4.78 is 5.28. The highest BCUT2D eigenvalue weighted by atomic mass is 32.2. The minimum atomic E-state index is 0.0198. The molecule has 1 heterocycles. The molecule has 1 aliphatic rings. The number of carbonyl (C=O) groups is 1. The second kappa shape index (κ2) is 6.21. The van der Waals surface area contributed by atoms with Gasteiger partial charge in [0.15, 0.2) is 0 Å². The molecule has 3 nitrogen and oxygen atoms in total. The van der Waals surface area contributed by atoms with Crippen LogP contribution in [-0.4, -0.2) is 18.8 Å². The SMILES string of the molecule is COc1ccc2cc(C3SCC(=O)N3c3ccccc3)ccc2c1. The van der Waals surface area contributed by atoms with E-state index in [0.717, 1.165) is 27.8 Å². The van der Waals surface area contributed by atoms with E-state index < -0.39 is 0 Å². The van der Waals surface area contributed by atoms with Gasteiger partial charge in [-0.1, -0.05) is 36.4 Å². The Labute approximate surface area is 145 Å². The van der Waals surface area contributed by atoms with Crippen LogP contribution in [0.1, 0.15) is 10.9 Å². The number of hydrogen-bond acceptors (Lipinski definition) is 3. The van der Waals surface area contributed by atoms with E-state index in [1.807, 2.05) is 47.4 Å². The van der Waals surface area contributed by atoms with Gasteiger partial charge in [0.05, 0.1) is 12.9 Å². The van der Waals surface area contributed by atoms with Crippen LogP contribution in [0.5, 0.6) is 5.75 Å². The van der Waals surface area contributed by atoms with Gasteiger partial charge in [-0.15, -0.1) is 11.8 Å². The fourth-order valence-corrected chi connectivity index (χ4v) is 4.23. The molecule has 0 aromatic heterocycles. The van der Waals surface area contributed by atoms with Gasteiger partial charge in [0, 0.05) is 5.69 Å². The molecule has 1 saturated heterocycles. The highest BCUT2D eigenvalue weighted by Crippen LogP contribution is 2.42. The Morgan fingerprint density at radius 1 is 1.00 bits per heavy atom. The summed E-state index contributed by atoms with van der Waals surface area (Å²) in [6.45, 7) is 0. The number of methoxy groups -OCH3 is 1. The zero-order chi connectivity index (χ0) is 16.5. The van der Waals surface area contributed by atoms with E-state index in [1.165, 1.54) is 0 Å². The number of nitrogens with zero attached hydrogens (tertiary/aromatic N) is 1. The summed E-state index contributed by atoms with van der Waals surface area (Å²) in [6.07, 6.45) is 0. The van der Waals surface area contributed by atoms with Crippen molar-refractivity contribution in [2.45, 2.75) is 5.37 Å². The predicted molar refractivity (Wildman–Crippen MR) is 99.6 cm³/mol. The van der Waals surface area contributed by atoms with E-state index in [-0.39, 0.29) is 11.3 Å². The smallest absolute Gasteiger partial charge is 0.238 e. The molecule has 3 aromatic rings. The third kappa shape index (κ3) is 2.63. The zero-order valence-electron chi connectivity index (χ0n) is 13.3. The van der Waals surface area contributed by atoms with Crippen LogP contribution in [0.4, 0.5) is 5.69 Å². The molecular formula is C20H17NO2S. The topological polar surface area (TPSA) is 29.5 Å². The van der Waals surface area contributed by atoms with E-state index in [0.29, 0.717) is 5.75 Å². The van der Waals surface area contributed by atoms with Crippen LogP contribution in [-0.2, 0) is 4.79 Å². The monoisotopic (exact) mass is 335 g/mol. The number of para-hydroxylation sites is 1. The first-order chi connectivity index (χ1) is 11.8. The molecule has 4 rings (SSSR count). The Hall–Kier alpha value is -2.46. The van der Waals surface area contributed by atoms with Crippen LogP contribution in [0.25, 0.3) is 10.8 Å². The number of hydrogen-bond donors (Lipinski definition) is 0. The summed E-state index contributed by atoms with van der Waals surface area (Å²) in [5.74, 6) is 1.53. The first kappa shape index (κ1) is 15.1. The number of thioether (sulfide) groups is 1. The largest absolute Gasteiger partial charge is 0.497 e. The van der Waals surface area contributed by atoms with Crippen LogP contribution in [0, 0.1) is 0 Å². The lowest BCUT2D eigenvalue weighted by Gasteiger charge is -2.24. The molecule has 3 aromatic carbocycles. The molecule has 0 aliphatic carbocycles. The maximum atomic E-state index is 12.4. The van der Waals surface area contributed by atoms with E-state index >= 15 is 0 Å². The Balaban J connectivity index is 1.74. The Bertz CT molecular complexity index is 895. The fourth-order valence-electron chi connectivity index (χ4n) is 3.06. The van der Waals surface area contributed by atoms with Gasteiger partial charge in [0.1, 0.15) is 11.1 Å². The first-order valence-corrected chi connectivity index (χ1v) is 8.87. The maximum absolute atomic E-state index is 12.4. The van der Waals surface area contributed by atoms with E-state index in [9.17, 15) is 4.79 Å². The molecule has 1 atom stereocenters. The highest BCUT2D eigenvalue weighted by molar-refractivity contribution is 8.00. The van der Waals surface area contributed by atoms with Crippen molar-refractivity contribution < 1.29 is 9.53 Å². The van der Waals surface area contributed by atoms with Crippen LogP contribution in [0.15, 0.2) is 66.7 Å². The second-order valence-electron chi connectivity index (χ2n) is 5.74. The molecule has 1 aliphatic heterocycles. The average molecular weight is 335 g/mol. The zero-order valence-corrected chi connectivity index (χ0v) is 14.1. The van der Waals surface area contributed by atoms with Crippen molar-refractivity contribution in [3.05, 3.63) is 72.3 Å². The highest BCUT2D eigenvalue weighted by Gasteiger charge is 2.33. The molecular weight excluding hydrogens is 318 g/mol. The number of fused-ring (bicyclic) bond motifs is 1. The van der Waals surface area contributed by atoms with E-state index in [2.05, 4.69) is 24.3 Å². The van der Waals surface area contributed by atoms with Crippen LogP contribution in [0.3, 0.4) is 0 Å². The van der Waals surface area contributed by atoms with Crippen LogP contribution in [0.2, 0.25) is 0 Å². The molecule has 24 heavy (non-hydrogen) atoms. The predicted octanol–water partition coefficient (Wildman–Crippen LogP) is 4.63. The van der Waals surface area contributed by atoms with Crippen molar-refractivity contribution in [1.82, 2.24) is 0 Å². The number of benzene rings is 3. The van der Waals surface area contributed by atoms with Gasteiger partial charge in [-0.2, -0.15) is 0 Å². The molecule has 1 fully saturated rings. The van der Waals surface area contributed by atoms with Crippen LogP contribution < -0.4 is 9.64 Å². The minimum Gasteiger partial charge on any atom is -0.497 e. The number of ether oxygens (including phenoxy) is 1. The van der Waals surface area contributed by atoms with Gasteiger partial charge >= 0.3 is 0 Å². The van der Waals surface area contributed by atoms with E-state index in [4.69, 9.17) is 4.74 Å². The number of rotatable bonds is 3. The maximum Gasteiger partial charge on any atom is 0.238 e. The molecule has 0 saturated carbocycles. The normalized spacial score (nSPS) is 17.5. The molecule has 0 bridgehead atoms. The van der Waals surface area contributed by atoms with Gasteiger partial charge in [-0.05, 0) is 46.7 Å². The molecule has 1 amide bonds. The van der Waals surface area contributed by atoms with Crippen molar-refractivity contribution in [3.8, 4) is 5.75 Å². The van der Waals surface area contributed by atoms with Gasteiger partial charge in [0.2, 0.25) is 5.91 Å². The molecule has 4 heteroatoms. The summed E-state index contributed by atoms with van der Waals surface area (Å²) in [6, 6.07) is 22.3. The number of carbonyl (C=O) groups excluding carboxylic acids is 1.